The molecule has 0 spiro atoms. The van der Waals surface area contributed by atoms with Crippen LogP contribution in [-0.2, 0) is 13.0 Å². The lowest BCUT2D eigenvalue weighted by atomic mass is 10.0. The molecule has 3 heterocycles. The van der Waals surface area contributed by atoms with Crippen molar-refractivity contribution < 1.29 is 0 Å². The number of pyridine rings is 1. The third kappa shape index (κ3) is 1.85. The lowest BCUT2D eigenvalue weighted by Crippen LogP contribution is -2.29. The SMILES string of the molecule is O=c1nc(-c2ccncc2)c2c([nH]1)CCNC2. The molecule has 5 nitrogen and oxygen atoms in total. The van der Waals surface area contributed by atoms with E-state index in [2.05, 4.69) is 20.3 Å². The van der Waals surface area contributed by atoms with E-state index in [4.69, 9.17) is 0 Å². The standard InChI is InChI=1S/C12H12N4O/c17-12-15-10-3-6-14-7-9(10)11(16-12)8-1-4-13-5-2-8/h1-2,4-5,14H,3,6-7H2,(H,15,16,17). The van der Waals surface area contributed by atoms with E-state index in [0.717, 1.165) is 42.0 Å². The zero-order valence-corrected chi connectivity index (χ0v) is 9.23. The molecule has 2 aromatic heterocycles. The Kier molecular flexibility index (Phi) is 2.45. The fourth-order valence-electron chi connectivity index (χ4n) is 2.12. The summed E-state index contributed by atoms with van der Waals surface area (Å²) in [6.07, 6.45) is 4.26. The van der Waals surface area contributed by atoms with Crippen LogP contribution in [0.15, 0.2) is 29.3 Å². The lowest BCUT2D eigenvalue weighted by Gasteiger charge is -2.18. The quantitative estimate of drug-likeness (QED) is 0.744. The van der Waals surface area contributed by atoms with Gasteiger partial charge in [0.25, 0.3) is 0 Å². The van der Waals surface area contributed by atoms with Crippen LogP contribution in [0.25, 0.3) is 11.3 Å². The molecular formula is C12H12N4O. The van der Waals surface area contributed by atoms with Crippen LogP contribution in [0.5, 0.6) is 0 Å². The molecule has 1 aliphatic heterocycles. The first-order chi connectivity index (χ1) is 8.34. The van der Waals surface area contributed by atoms with E-state index < -0.39 is 0 Å². The van der Waals surface area contributed by atoms with E-state index in [9.17, 15) is 4.79 Å². The number of aromatic amines is 1. The zero-order valence-electron chi connectivity index (χ0n) is 9.23. The second-order valence-corrected chi connectivity index (χ2v) is 4.01. The maximum absolute atomic E-state index is 11.5. The van der Waals surface area contributed by atoms with Crippen molar-refractivity contribution in [1.29, 1.82) is 0 Å². The van der Waals surface area contributed by atoms with Gasteiger partial charge in [-0.2, -0.15) is 4.98 Å². The minimum absolute atomic E-state index is 0.280. The van der Waals surface area contributed by atoms with E-state index in [1.54, 1.807) is 12.4 Å². The maximum atomic E-state index is 11.5. The van der Waals surface area contributed by atoms with Crippen LogP contribution in [0.3, 0.4) is 0 Å². The van der Waals surface area contributed by atoms with Crippen LogP contribution in [0, 0.1) is 0 Å². The number of H-pyrrole nitrogens is 1. The van der Waals surface area contributed by atoms with Crippen LogP contribution in [-0.4, -0.2) is 21.5 Å². The summed E-state index contributed by atoms with van der Waals surface area (Å²) >= 11 is 0. The number of nitrogens with one attached hydrogen (secondary N) is 2. The van der Waals surface area contributed by atoms with Gasteiger partial charge in [-0.05, 0) is 12.1 Å². The molecule has 0 aromatic carbocycles. The Hall–Kier alpha value is -2.01. The third-order valence-corrected chi connectivity index (χ3v) is 2.93. The normalized spacial score (nSPS) is 14.4. The van der Waals surface area contributed by atoms with Crippen LogP contribution in [0.2, 0.25) is 0 Å². The summed E-state index contributed by atoms with van der Waals surface area (Å²) < 4.78 is 0. The lowest BCUT2D eigenvalue weighted by molar-refractivity contribution is 0.624. The Labute approximate surface area is 97.9 Å². The van der Waals surface area contributed by atoms with Crippen molar-refractivity contribution in [1.82, 2.24) is 20.3 Å². The second kappa shape index (κ2) is 4.10. The molecule has 3 rings (SSSR count). The molecule has 0 amide bonds. The van der Waals surface area contributed by atoms with E-state index in [-0.39, 0.29) is 5.69 Å². The molecule has 5 heteroatoms. The molecule has 0 saturated carbocycles. The van der Waals surface area contributed by atoms with Crippen LogP contribution >= 0.6 is 0 Å². The number of rotatable bonds is 1. The van der Waals surface area contributed by atoms with Crippen LogP contribution < -0.4 is 11.0 Å². The van der Waals surface area contributed by atoms with Crippen LogP contribution in [0.4, 0.5) is 0 Å². The maximum Gasteiger partial charge on any atom is 0.345 e. The predicted molar refractivity (Wildman–Crippen MR) is 63.5 cm³/mol. The second-order valence-electron chi connectivity index (χ2n) is 4.01. The fraction of sp³-hybridized carbons (Fsp3) is 0.250. The highest BCUT2D eigenvalue weighted by atomic mass is 16.1. The molecule has 0 unspecified atom stereocenters. The summed E-state index contributed by atoms with van der Waals surface area (Å²) in [7, 11) is 0. The molecule has 0 radical (unpaired) electrons. The van der Waals surface area contributed by atoms with Gasteiger partial charge < -0.3 is 10.3 Å². The Bertz CT molecular complexity index is 591. The minimum atomic E-state index is -0.280. The molecule has 1 aliphatic rings. The van der Waals surface area contributed by atoms with Crippen molar-refractivity contribution in [3.8, 4) is 11.3 Å². The highest BCUT2D eigenvalue weighted by molar-refractivity contribution is 5.63. The van der Waals surface area contributed by atoms with E-state index in [0.29, 0.717) is 0 Å². The van der Waals surface area contributed by atoms with Crippen molar-refractivity contribution in [2.24, 2.45) is 0 Å². The first-order valence-electron chi connectivity index (χ1n) is 5.58. The summed E-state index contributed by atoms with van der Waals surface area (Å²) in [5, 5.41) is 3.29. The van der Waals surface area contributed by atoms with Gasteiger partial charge in [0, 0.05) is 48.7 Å². The predicted octanol–water partition coefficient (Wildman–Crippen LogP) is 0.478. The summed E-state index contributed by atoms with van der Waals surface area (Å²) in [5.74, 6) is 0. The van der Waals surface area contributed by atoms with E-state index in [1.165, 1.54) is 0 Å². The molecule has 0 bridgehead atoms. The molecule has 2 N–H and O–H groups in total. The van der Waals surface area contributed by atoms with Gasteiger partial charge in [0.2, 0.25) is 0 Å². The number of aromatic nitrogens is 3. The van der Waals surface area contributed by atoms with Gasteiger partial charge in [0.1, 0.15) is 0 Å². The van der Waals surface area contributed by atoms with Gasteiger partial charge in [-0.25, -0.2) is 4.79 Å². The molecule has 0 atom stereocenters. The summed E-state index contributed by atoms with van der Waals surface area (Å²) in [6, 6.07) is 3.74. The molecule has 17 heavy (non-hydrogen) atoms. The van der Waals surface area contributed by atoms with E-state index in [1.807, 2.05) is 12.1 Å². The molecule has 0 aliphatic carbocycles. The van der Waals surface area contributed by atoms with Crippen molar-refractivity contribution in [2.75, 3.05) is 6.54 Å². The first kappa shape index (κ1) is 10.2. The van der Waals surface area contributed by atoms with Crippen molar-refractivity contribution in [2.45, 2.75) is 13.0 Å². The first-order valence-corrected chi connectivity index (χ1v) is 5.58. The van der Waals surface area contributed by atoms with Gasteiger partial charge in [-0.1, -0.05) is 0 Å². The number of hydrogen-bond donors (Lipinski definition) is 2. The molecule has 2 aromatic rings. The zero-order chi connectivity index (χ0) is 11.7. The van der Waals surface area contributed by atoms with Gasteiger partial charge in [-0.15, -0.1) is 0 Å². The van der Waals surface area contributed by atoms with Crippen molar-refractivity contribution >= 4 is 0 Å². The third-order valence-electron chi connectivity index (χ3n) is 2.93. The van der Waals surface area contributed by atoms with Gasteiger partial charge in [-0.3, -0.25) is 4.98 Å². The smallest absolute Gasteiger partial charge is 0.312 e. The summed E-state index contributed by atoms with van der Waals surface area (Å²) in [6.45, 7) is 1.64. The van der Waals surface area contributed by atoms with Crippen LogP contribution in [0.1, 0.15) is 11.3 Å². The molecule has 0 saturated heterocycles. The van der Waals surface area contributed by atoms with Gasteiger partial charge in [0.05, 0.1) is 5.69 Å². The largest absolute Gasteiger partial charge is 0.345 e. The molecule has 86 valence electrons. The Morgan fingerprint density at radius 2 is 2.06 bits per heavy atom. The van der Waals surface area contributed by atoms with E-state index >= 15 is 0 Å². The fourth-order valence-corrected chi connectivity index (χ4v) is 2.12. The Morgan fingerprint density at radius 3 is 2.88 bits per heavy atom. The highest BCUT2D eigenvalue weighted by Crippen LogP contribution is 2.22. The highest BCUT2D eigenvalue weighted by Gasteiger charge is 2.16. The van der Waals surface area contributed by atoms with Crippen molar-refractivity contribution in [3.05, 3.63) is 46.3 Å². The number of hydrogen-bond acceptors (Lipinski definition) is 4. The summed E-state index contributed by atoms with van der Waals surface area (Å²) in [5.41, 5.74) is 3.50. The minimum Gasteiger partial charge on any atom is -0.312 e. The molecule has 0 fully saturated rings. The molecular weight excluding hydrogens is 216 g/mol. The summed E-state index contributed by atoms with van der Waals surface area (Å²) in [4.78, 5) is 22.4. The van der Waals surface area contributed by atoms with Gasteiger partial charge >= 0.3 is 5.69 Å². The monoisotopic (exact) mass is 228 g/mol. The Balaban J connectivity index is 2.22. The van der Waals surface area contributed by atoms with Gasteiger partial charge in [0.15, 0.2) is 0 Å². The average Bonchev–Trinajstić information content (AvgIpc) is 2.39. The number of fused-ring (bicyclic) bond motifs is 1. The number of nitrogens with zero attached hydrogens (tertiary/aromatic N) is 2. The van der Waals surface area contributed by atoms with Crippen molar-refractivity contribution in [3.63, 3.8) is 0 Å². The Morgan fingerprint density at radius 1 is 1.24 bits per heavy atom. The average molecular weight is 228 g/mol. The topological polar surface area (TPSA) is 70.7 Å².